The minimum atomic E-state index is -0.806. The lowest BCUT2D eigenvalue weighted by atomic mass is 10.1. The molecule has 0 bridgehead atoms. The van der Waals surface area contributed by atoms with Gasteiger partial charge in [0.25, 0.3) is 5.91 Å². The van der Waals surface area contributed by atoms with Crippen LogP contribution in [0.4, 0.5) is 0 Å². The SMILES string of the molecule is O=C(O)C1CCN(C(=O)c2cccn2C2CCNCC2)C1. The van der Waals surface area contributed by atoms with Gasteiger partial charge in [-0.3, -0.25) is 9.59 Å². The Hall–Kier alpha value is -1.82. The lowest BCUT2D eigenvalue weighted by Crippen LogP contribution is -2.34. The number of carbonyl (C=O) groups is 2. The first-order chi connectivity index (χ1) is 10.2. The number of hydrogen-bond acceptors (Lipinski definition) is 3. The second kappa shape index (κ2) is 5.89. The summed E-state index contributed by atoms with van der Waals surface area (Å²) in [4.78, 5) is 25.3. The molecule has 6 heteroatoms. The fourth-order valence-electron chi connectivity index (χ4n) is 3.29. The Balaban J connectivity index is 1.73. The third-order valence-electron chi connectivity index (χ3n) is 4.52. The predicted octanol–water partition coefficient (Wildman–Crippen LogP) is 0.959. The molecule has 114 valence electrons. The first kappa shape index (κ1) is 14.1. The van der Waals surface area contributed by atoms with Crippen molar-refractivity contribution in [2.45, 2.75) is 25.3 Å². The number of likely N-dealkylation sites (tertiary alicyclic amines) is 1. The Morgan fingerprint density at radius 3 is 2.67 bits per heavy atom. The van der Waals surface area contributed by atoms with Gasteiger partial charge in [-0.15, -0.1) is 0 Å². The van der Waals surface area contributed by atoms with Gasteiger partial charge in [0, 0.05) is 25.3 Å². The van der Waals surface area contributed by atoms with Crippen LogP contribution < -0.4 is 5.32 Å². The van der Waals surface area contributed by atoms with Gasteiger partial charge in [-0.25, -0.2) is 0 Å². The number of amides is 1. The standard InChI is InChI=1S/C15H21N3O3/c19-14(17-9-5-11(10-17)15(20)21)13-2-1-8-18(13)12-3-6-16-7-4-12/h1-2,8,11-12,16H,3-7,9-10H2,(H,20,21). The van der Waals surface area contributed by atoms with E-state index < -0.39 is 11.9 Å². The number of nitrogens with one attached hydrogen (secondary N) is 1. The molecule has 0 aliphatic carbocycles. The molecule has 0 saturated carbocycles. The van der Waals surface area contributed by atoms with Gasteiger partial charge in [-0.1, -0.05) is 0 Å². The summed E-state index contributed by atoms with van der Waals surface area (Å²) in [5, 5.41) is 12.4. The summed E-state index contributed by atoms with van der Waals surface area (Å²) in [6.07, 6.45) is 4.56. The number of carboxylic acid groups (broad SMARTS) is 1. The van der Waals surface area contributed by atoms with Crippen LogP contribution in [-0.4, -0.2) is 52.6 Å². The Morgan fingerprint density at radius 2 is 2.00 bits per heavy atom. The quantitative estimate of drug-likeness (QED) is 0.870. The van der Waals surface area contributed by atoms with Gasteiger partial charge in [0.05, 0.1) is 5.92 Å². The van der Waals surface area contributed by atoms with Crippen LogP contribution in [0.2, 0.25) is 0 Å². The zero-order valence-corrected chi connectivity index (χ0v) is 12.0. The van der Waals surface area contributed by atoms with Gasteiger partial charge in [0.15, 0.2) is 0 Å². The van der Waals surface area contributed by atoms with E-state index in [1.165, 1.54) is 0 Å². The number of carbonyl (C=O) groups excluding carboxylic acids is 1. The van der Waals surface area contributed by atoms with E-state index in [1.807, 2.05) is 18.3 Å². The van der Waals surface area contributed by atoms with Gasteiger partial charge in [0.2, 0.25) is 0 Å². The zero-order chi connectivity index (χ0) is 14.8. The zero-order valence-electron chi connectivity index (χ0n) is 12.0. The fourth-order valence-corrected chi connectivity index (χ4v) is 3.29. The van der Waals surface area contributed by atoms with Gasteiger partial charge < -0.3 is 19.9 Å². The highest BCUT2D eigenvalue weighted by Crippen LogP contribution is 2.24. The van der Waals surface area contributed by atoms with E-state index in [9.17, 15) is 9.59 Å². The molecule has 0 spiro atoms. The normalized spacial score (nSPS) is 23.4. The number of aliphatic carboxylic acids is 1. The molecule has 2 aliphatic heterocycles. The van der Waals surface area contributed by atoms with Crippen molar-refractivity contribution in [1.82, 2.24) is 14.8 Å². The minimum Gasteiger partial charge on any atom is -0.481 e. The molecule has 2 fully saturated rings. The summed E-state index contributed by atoms with van der Waals surface area (Å²) in [5.41, 5.74) is 0.688. The topological polar surface area (TPSA) is 74.6 Å². The highest BCUT2D eigenvalue weighted by atomic mass is 16.4. The lowest BCUT2D eigenvalue weighted by Gasteiger charge is -2.27. The van der Waals surface area contributed by atoms with Crippen molar-refractivity contribution in [3.05, 3.63) is 24.0 Å². The molecule has 1 aromatic rings. The second-order valence-electron chi connectivity index (χ2n) is 5.86. The average molecular weight is 291 g/mol. The number of piperidine rings is 1. The van der Waals surface area contributed by atoms with Crippen LogP contribution in [0.25, 0.3) is 0 Å². The van der Waals surface area contributed by atoms with Crippen LogP contribution in [0.3, 0.4) is 0 Å². The van der Waals surface area contributed by atoms with E-state index in [4.69, 9.17) is 5.11 Å². The van der Waals surface area contributed by atoms with Crippen molar-refractivity contribution in [2.24, 2.45) is 5.92 Å². The molecule has 1 atom stereocenters. The maximum Gasteiger partial charge on any atom is 0.308 e. The number of aromatic nitrogens is 1. The Morgan fingerprint density at radius 1 is 1.24 bits per heavy atom. The van der Waals surface area contributed by atoms with Gasteiger partial charge in [-0.2, -0.15) is 0 Å². The van der Waals surface area contributed by atoms with Gasteiger partial charge in [-0.05, 0) is 44.5 Å². The monoisotopic (exact) mass is 291 g/mol. The summed E-state index contributed by atoms with van der Waals surface area (Å²) in [5.74, 6) is -1.27. The number of nitrogens with zero attached hydrogens (tertiary/aromatic N) is 2. The van der Waals surface area contributed by atoms with E-state index in [2.05, 4.69) is 9.88 Å². The first-order valence-electron chi connectivity index (χ1n) is 7.56. The van der Waals surface area contributed by atoms with E-state index in [0.29, 0.717) is 31.2 Å². The molecule has 2 aliphatic rings. The molecule has 1 amide bonds. The summed E-state index contributed by atoms with van der Waals surface area (Å²) < 4.78 is 2.07. The summed E-state index contributed by atoms with van der Waals surface area (Å²) in [6, 6.07) is 4.11. The van der Waals surface area contributed by atoms with Crippen molar-refractivity contribution in [2.75, 3.05) is 26.2 Å². The van der Waals surface area contributed by atoms with Crippen LogP contribution in [0.5, 0.6) is 0 Å². The van der Waals surface area contributed by atoms with E-state index in [0.717, 1.165) is 25.9 Å². The molecule has 0 aromatic carbocycles. The molecule has 3 heterocycles. The molecular formula is C15H21N3O3. The van der Waals surface area contributed by atoms with E-state index >= 15 is 0 Å². The van der Waals surface area contributed by atoms with Crippen molar-refractivity contribution < 1.29 is 14.7 Å². The minimum absolute atomic E-state index is 0.0396. The Labute approximate surface area is 123 Å². The molecule has 6 nitrogen and oxygen atoms in total. The van der Waals surface area contributed by atoms with Gasteiger partial charge >= 0.3 is 5.97 Å². The predicted molar refractivity (Wildman–Crippen MR) is 77.2 cm³/mol. The summed E-state index contributed by atoms with van der Waals surface area (Å²) >= 11 is 0. The van der Waals surface area contributed by atoms with Crippen LogP contribution in [0.1, 0.15) is 35.8 Å². The summed E-state index contributed by atoms with van der Waals surface area (Å²) in [7, 11) is 0. The Bertz CT molecular complexity index is 534. The van der Waals surface area contributed by atoms with Crippen molar-refractivity contribution in [1.29, 1.82) is 0 Å². The van der Waals surface area contributed by atoms with Crippen molar-refractivity contribution in [3.8, 4) is 0 Å². The molecule has 2 N–H and O–H groups in total. The largest absolute Gasteiger partial charge is 0.481 e. The van der Waals surface area contributed by atoms with E-state index in [-0.39, 0.29) is 5.91 Å². The Kier molecular flexibility index (Phi) is 3.96. The number of hydrogen-bond donors (Lipinski definition) is 2. The van der Waals surface area contributed by atoms with Crippen molar-refractivity contribution >= 4 is 11.9 Å². The molecule has 3 rings (SSSR count). The lowest BCUT2D eigenvalue weighted by molar-refractivity contribution is -0.141. The molecule has 1 unspecified atom stereocenters. The molecular weight excluding hydrogens is 270 g/mol. The molecule has 1 aromatic heterocycles. The smallest absolute Gasteiger partial charge is 0.308 e. The van der Waals surface area contributed by atoms with Gasteiger partial charge in [0.1, 0.15) is 5.69 Å². The van der Waals surface area contributed by atoms with Crippen LogP contribution in [0.15, 0.2) is 18.3 Å². The van der Waals surface area contributed by atoms with Crippen molar-refractivity contribution in [3.63, 3.8) is 0 Å². The molecule has 2 saturated heterocycles. The molecule has 0 radical (unpaired) electrons. The molecule has 21 heavy (non-hydrogen) atoms. The van der Waals surface area contributed by atoms with Crippen LogP contribution in [-0.2, 0) is 4.79 Å². The van der Waals surface area contributed by atoms with Crippen LogP contribution >= 0.6 is 0 Å². The third-order valence-corrected chi connectivity index (χ3v) is 4.52. The number of rotatable bonds is 3. The van der Waals surface area contributed by atoms with E-state index in [1.54, 1.807) is 4.90 Å². The highest BCUT2D eigenvalue weighted by molar-refractivity contribution is 5.93. The maximum atomic E-state index is 12.6. The second-order valence-corrected chi connectivity index (χ2v) is 5.86. The first-order valence-corrected chi connectivity index (χ1v) is 7.56. The number of carboxylic acids is 1. The van der Waals surface area contributed by atoms with Crippen LogP contribution in [0, 0.1) is 5.92 Å². The fraction of sp³-hybridized carbons (Fsp3) is 0.600. The third kappa shape index (κ3) is 2.81. The summed E-state index contributed by atoms with van der Waals surface area (Å²) in [6.45, 7) is 2.81. The maximum absolute atomic E-state index is 12.6. The highest BCUT2D eigenvalue weighted by Gasteiger charge is 2.32. The average Bonchev–Trinajstić information content (AvgIpc) is 3.17.